The number of aryl methyl sites for hydroxylation is 1. The Morgan fingerprint density at radius 2 is 1.53 bits per heavy atom. The fraction of sp³-hybridized carbons (Fsp3) is 0.179. The Morgan fingerprint density at radius 3 is 2.26 bits per heavy atom. The van der Waals surface area contributed by atoms with Gasteiger partial charge >= 0.3 is 0 Å². The summed E-state index contributed by atoms with van der Waals surface area (Å²) in [5.74, 6) is -0.109. The minimum atomic E-state index is -3.61. The molecule has 1 N–H and O–H groups in total. The van der Waals surface area contributed by atoms with Crippen LogP contribution in [0.15, 0.2) is 95.9 Å². The van der Waals surface area contributed by atoms with Gasteiger partial charge in [0.1, 0.15) is 0 Å². The van der Waals surface area contributed by atoms with E-state index in [1.54, 1.807) is 12.1 Å². The van der Waals surface area contributed by atoms with Gasteiger partial charge in [-0.05, 0) is 42.0 Å². The molecule has 172 valence electrons. The number of rotatable bonds is 7. The number of sulfonamides is 1. The lowest BCUT2D eigenvalue weighted by Gasteiger charge is -2.21. The molecule has 0 unspecified atom stereocenters. The normalized spacial score (nSPS) is 14.8. The lowest BCUT2D eigenvalue weighted by atomic mass is 9.97. The molecule has 1 aliphatic rings. The zero-order valence-electron chi connectivity index (χ0n) is 18.9. The van der Waals surface area contributed by atoms with Crippen LogP contribution in [-0.4, -0.2) is 20.9 Å². The fourth-order valence-electron chi connectivity index (χ4n) is 4.58. The van der Waals surface area contributed by atoms with Crippen molar-refractivity contribution in [3.8, 4) is 0 Å². The maximum absolute atomic E-state index is 13.1. The summed E-state index contributed by atoms with van der Waals surface area (Å²) in [4.78, 5) is 13.3. The van der Waals surface area contributed by atoms with Crippen LogP contribution in [0.4, 0.5) is 5.69 Å². The Hall–Kier alpha value is -3.64. The summed E-state index contributed by atoms with van der Waals surface area (Å²) >= 11 is 0. The van der Waals surface area contributed by atoms with Crippen molar-refractivity contribution in [2.24, 2.45) is 0 Å². The molecule has 34 heavy (non-hydrogen) atoms. The zero-order valence-corrected chi connectivity index (χ0v) is 19.8. The van der Waals surface area contributed by atoms with E-state index in [1.807, 2.05) is 85.8 Å². The molecule has 0 spiro atoms. The third-order valence-corrected chi connectivity index (χ3v) is 8.15. The Labute approximate surface area is 200 Å². The molecule has 1 heterocycles. The van der Waals surface area contributed by atoms with Gasteiger partial charge in [0.2, 0.25) is 5.91 Å². The Balaban J connectivity index is 1.30. The van der Waals surface area contributed by atoms with Gasteiger partial charge in [-0.15, -0.1) is 0 Å². The van der Waals surface area contributed by atoms with E-state index in [0.717, 1.165) is 27.5 Å². The molecule has 0 saturated heterocycles. The molecular weight excluding hydrogens is 444 g/mol. The highest BCUT2D eigenvalue weighted by Crippen LogP contribution is 2.42. The Morgan fingerprint density at radius 1 is 0.853 bits per heavy atom. The minimum Gasteiger partial charge on any atom is -0.345 e. The SMILES string of the molecule is Cc1ccc([C@H](NC(=O)CCCN2c3cccc4cccc(c34)S2(=O)=O)c2ccccc2)cc1. The number of anilines is 1. The standard InChI is InChI=1S/C28H26N2O3S/c1-20-15-17-23(18-16-20)28(22-8-3-2-4-9-22)29-26(31)14-7-19-30-24-12-5-10-21-11-6-13-25(27(21)24)34(30,32)33/h2-6,8-13,15-18,28H,7,14,19H2,1H3,(H,29,31)/t28-/m1/s1. The van der Waals surface area contributed by atoms with E-state index in [0.29, 0.717) is 17.0 Å². The van der Waals surface area contributed by atoms with Crippen LogP contribution < -0.4 is 9.62 Å². The summed E-state index contributed by atoms with van der Waals surface area (Å²) < 4.78 is 27.7. The van der Waals surface area contributed by atoms with Crippen molar-refractivity contribution in [1.29, 1.82) is 0 Å². The number of nitrogens with zero attached hydrogens (tertiary/aromatic N) is 1. The maximum Gasteiger partial charge on any atom is 0.265 e. The van der Waals surface area contributed by atoms with Gasteiger partial charge in [0.25, 0.3) is 10.0 Å². The number of hydrogen-bond acceptors (Lipinski definition) is 3. The third kappa shape index (κ3) is 4.05. The molecule has 0 aliphatic carbocycles. The van der Waals surface area contributed by atoms with Gasteiger partial charge < -0.3 is 5.32 Å². The number of carbonyl (C=O) groups is 1. The van der Waals surface area contributed by atoms with E-state index in [2.05, 4.69) is 5.32 Å². The van der Waals surface area contributed by atoms with Gasteiger partial charge in [-0.2, -0.15) is 0 Å². The van der Waals surface area contributed by atoms with E-state index in [-0.39, 0.29) is 24.9 Å². The summed E-state index contributed by atoms with van der Waals surface area (Å²) in [7, 11) is -3.61. The number of amides is 1. The Bertz CT molecular complexity index is 1440. The zero-order chi connectivity index (χ0) is 23.7. The number of nitrogens with one attached hydrogen (secondary N) is 1. The van der Waals surface area contributed by atoms with Gasteiger partial charge in [-0.1, -0.05) is 84.4 Å². The van der Waals surface area contributed by atoms with Crippen molar-refractivity contribution in [2.75, 3.05) is 10.8 Å². The third-order valence-electron chi connectivity index (χ3n) is 6.30. The van der Waals surface area contributed by atoms with Gasteiger partial charge in [0.15, 0.2) is 0 Å². The van der Waals surface area contributed by atoms with Crippen LogP contribution in [0.25, 0.3) is 10.8 Å². The molecule has 6 heteroatoms. The maximum atomic E-state index is 13.1. The van der Waals surface area contributed by atoms with Gasteiger partial charge in [-0.25, -0.2) is 8.42 Å². The summed E-state index contributed by atoms with van der Waals surface area (Å²) in [6.45, 7) is 2.29. The summed E-state index contributed by atoms with van der Waals surface area (Å²) in [5.41, 5.74) is 3.86. The average molecular weight is 471 g/mol. The molecule has 0 radical (unpaired) electrons. The molecule has 1 atom stereocenters. The first-order valence-corrected chi connectivity index (χ1v) is 12.8. The molecule has 0 fully saturated rings. The molecule has 0 bridgehead atoms. The van der Waals surface area contributed by atoms with Crippen LogP contribution in [0.5, 0.6) is 0 Å². The second-order valence-corrected chi connectivity index (χ2v) is 10.5. The summed E-state index contributed by atoms with van der Waals surface area (Å²) in [6.07, 6.45) is 0.651. The first kappa shape index (κ1) is 22.2. The van der Waals surface area contributed by atoms with Crippen molar-refractivity contribution >= 4 is 32.4 Å². The van der Waals surface area contributed by atoms with E-state index >= 15 is 0 Å². The smallest absolute Gasteiger partial charge is 0.265 e. The molecule has 4 aromatic carbocycles. The van der Waals surface area contributed by atoms with Crippen molar-refractivity contribution in [2.45, 2.75) is 30.7 Å². The Kier molecular flexibility index (Phi) is 5.84. The van der Waals surface area contributed by atoms with Crippen LogP contribution in [0.1, 0.15) is 35.6 Å². The molecule has 5 rings (SSSR count). The number of hydrogen-bond donors (Lipinski definition) is 1. The lowest BCUT2D eigenvalue weighted by Crippen LogP contribution is -2.32. The molecule has 4 aromatic rings. The monoisotopic (exact) mass is 470 g/mol. The quantitative estimate of drug-likeness (QED) is 0.396. The molecule has 5 nitrogen and oxygen atoms in total. The van der Waals surface area contributed by atoms with Gasteiger partial charge in [0.05, 0.1) is 16.6 Å². The minimum absolute atomic E-state index is 0.109. The van der Waals surface area contributed by atoms with Crippen molar-refractivity contribution < 1.29 is 13.2 Å². The van der Waals surface area contributed by atoms with E-state index in [1.165, 1.54) is 4.31 Å². The number of benzene rings is 4. The van der Waals surface area contributed by atoms with Crippen LogP contribution >= 0.6 is 0 Å². The summed E-state index contributed by atoms with van der Waals surface area (Å²) in [6, 6.07) is 28.7. The first-order chi connectivity index (χ1) is 16.4. The largest absolute Gasteiger partial charge is 0.345 e. The average Bonchev–Trinajstić information content (AvgIpc) is 3.07. The van der Waals surface area contributed by atoms with Crippen LogP contribution in [0.2, 0.25) is 0 Å². The summed E-state index contributed by atoms with van der Waals surface area (Å²) in [5, 5.41) is 4.81. The molecule has 0 saturated carbocycles. The van der Waals surface area contributed by atoms with Gasteiger partial charge in [0, 0.05) is 18.4 Å². The molecule has 1 amide bonds. The van der Waals surface area contributed by atoms with Crippen molar-refractivity contribution in [3.63, 3.8) is 0 Å². The highest BCUT2D eigenvalue weighted by Gasteiger charge is 2.35. The predicted molar refractivity (Wildman–Crippen MR) is 135 cm³/mol. The molecule has 0 aromatic heterocycles. The van der Waals surface area contributed by atoms with E-state index < -0.39 is 10.0 Å². The van der Waals surface area contributed by atoms with Gasteiger partial charge in [-0.3, -0.25) is 9.10 Å². The topological polar surface area (TPSA) is 66.5 Å². The van der Waals surface area contributed by atoms with E-state index in [9.17, 15) is 13.2 Å². The highest BCUT2D eigenvalue weighted by molar-refractivity contribution is 7.93. The van der Waals surface area contributed by atoms with Crippen LogP contribution in [-0.2, 0) is 14.8 Å². The molecular formula is C28H26N2O3S. The lowest BCUT2D eigenvalue weighted by molar-refractivity contribution is -0.121. The number of carbonyl (C=O) groups excluding carboxylic acids is 1. The van der Waals surface area contributed by atoms with E-state index in [4.69, 9.17) is 0 Å². The predicted octanol–water partition coefficient (Wildman–Crippen LogP) is 5.34. The fourth-order valence-corrected chi connectivity index (χ4v) is 6.33. The van der Waals surface area contributed by atoms with Crippen LogP contribution in [0, 0.1) is 6.92 Å². The van der Waals surface area contributed by atoms with Crippen molar-refractivity contribution in [1.82, 2.24) is 5.32 Å². The first-order valence-electron chi connectivity index (χ1n) is 11.4. The highest BCUT2D eigenvalue weighted by atomic mass is 32.2. The van der Waals surface area contributed by atoms with Crippen molar-refractivity contribution in [3.05, 3.63) is 108 Å². The molecule has 1 aliphatic heterocycles. The van der Waals surface area contributed by atoms with Crippen LogP contribution in [0.3, 0.4) is 0 Å². The second-order valence-electron chi connectivity index (χ2n) is 8.63. The second kappa shape index (κ2) is 8.95.